The van der Waals surface area contributed by atoms with Crippen molar-refractivity contribution in [1.29, 1.82) is 0 Å². The van der Waals surface area contributed by atoms with Crippen LogP contribution in [0.25, 0.3) is 11.1 Å². The molecule has 0 atom stereocenters. The Morgan fingerprint density at radius 3 is 2.43 bits per heavy atom. The molecule has 0 bridgehead atoms. The van der Waals surface area contributed by atoms with Crippen LogP contribution in [0.4, 0.5) is 23.3 Å². The van der Waals surface area contributed by atoms with Crippen molar-refractivity contribution >= 4 is 40.8 Å². The first kappa shape index (κ1) is 24.2. The summed E-state index contributed by atoms with van der Waals surface area (Å²) in [4.78, 5) is 20.8. The van der Waals surface area contributed by atoms with E-state index in [-0.39, 0.29) is 11.8 Å². The Bertz CT molecular complexity index is 1360. The van der Waals surface area contributed by atoms with Gasteiger partial charge in [0.05, 0.1) is 6.20 Å². The number of nitrogens with one attached hydrogen (secondary N) is 4. The first-order valence-corrected chi connectivity index (χ1v) is 11.7. The Morgan fingerprint density at radius 1 is 1.06 bits per heavy atom. The maximum Gasteiger partial charge on any atom is 0.251 e. The van der Waals surface area contributed by atoms with Crippen LogP contribution >= 0.6 is 11.6 Å². The minimum Gasteiger partial charge on any atom is -0.355 e. The summed E-state index contributed by atoms with van der Waals surface area (Å²) < 4.78 is 0. The number of H-pyrrole nitrogens is 1. The lowest BCUT2D eigenvalue weighted by molar-refractivity contribution is 0.0963. The fraction of sp³-hybridized carbons (Fsp3) is 0.231. The van der Waals surface area contributed by atoms with E-state index in [4.69, 9.17) is 11.6 Å². The molecule has 0 aliphatic carbocycles. The molecule has 0 aliphatic rings. The third-order valence-corrected chi connectivity index (χ3v) is 5.92. The minimum absolute atomic E-state index is 0.101. The topological polar surface area (TPSA) is 108 Å². The maximum atomic E-state index is 11.9. The Morgan fingerprint density at radius 2 is 1.80 bits per heavy atom. The predicted octanol–water partition coefficient (Wildman–Crippen LogP) is 6.11. The summed E-state index contributed by atoms with van der Waals surface area (Å²) in [5, 5.41) is 16.6. The molecule has 35 heavy (non-hydrogen) atoms. The number of benzene rings is 2. The molecule has 0 saturated heterocycles. The highest BCUT2D eigenvalue weighted by atomic mass is 35.5. The van der Waals surface area contributed by atoms with Crippen LogP contribution in [0.1, 0.15) is 46.9 Å². The van der Waals surface area contributed by atoms with Gasteiger partial charge in [-0.1, -0.05) is 37.6 Å². The fourth-order valence-electron chi connectivity index (χ4n) is 3.77. The lowest BCUT2D eigenvalue weighted by Gasteiger charge is -2.18. The van der Waals surface area contributed by atoms with E-state index >= 15 is 0 Å². The van der Waals surface area contributed by atoms with E-state index in [2.05, 4.69) is 62.1 Å². The molecule has 0 radical (unpaired) electrons. The number of aryl methyl sites for hydroxylation is 2. The van der Waals surface area contributed by atoms with Crippen LogP contribution in [0.5, 0.6) is 0 Å². The van der Waals surface area contributed by atoms with Gasteiger partial charge in [0.25, 0.3) is 5.91 Å². The van der Waals surface area contributed by atoms with Gasteiger partial charge in [-0.2, -0.15) is 10.1 Å². The van der Waals surface area contributed by atoms with Crippen LogP contribution in [0, 0.1) is 13.8 Å². The number of hydrogen-bond donors (Lipinski definition) is 4. The third kappa shape index (κ3) is 5.44. The standard InChI is InChI=1S/C26H28ClN7O/c1-14(2)19-12-22(15(3)10-20(19)17-6-8-18(9-7-17)25(35)28-5)30-26-29-13-21(27)24(32-26)31-23-11-16(4)33-34-23/h6-14H,1-5H3,(H,28,35)(H3,29,30,31,32,33,34). The number of amides is 1. The van der Waals surface area contributed by atoms with Gasteiger partial charge >= 0.3 is 0 Å². The quantitative estimate of drug-likeness (QED) is 0.249. The normalized spacial score (nSPS) is 10.9. The number of hydrogen-bond acceptors (Lipinski definition) is 6. The smallest absolute Gasteiger partial charge is 0.251 e. The molecule has 0 spiro atoms. The van der Waals surface area contributed by atoms with Crippen LogP contribution < -0.4 is 16.0 Å². The van der Waals surface area contributed by atoms with Crippen LogP contribution in [-0.2, 0) is 0 Å². The van der Waals surface area contributed by atoms with Gasteiger partial charge in [0.2, 0.25) is 5.95 Å². The van der Waals surface area contributed by atoms with E-state index < -0.39 is 0 Å². The molecule has 4 aromatic rings. The molecule has 1 amide bonds. The molecule has 0 unspecified atom stereocenters. The Hall–Kier alpha value is -3.91. The number of carbonyl (C=O) groups is 1. The zero-order valence-corrected chi connectivity index (χ0v) is 21.1. The van der Waals surface area contributed by atoms with Gasteiger partial charge in [0.1, 0.15) is 5.02 Å². The number of nitrogens with zero attached hydrogens (tertiary/aromatic N) is 3. The van der Waals surface area contributed by atoms with Crippen LogP contribution in [-0.4, -0.2) is 33.1 Å². The van der Waals surface area contributed by atoms with Crippen molar-refractivity contribution in [2.45, 2.75) is 33.6 Å². The van der Waals surface area contributed by atoms with Gasteiger partial charge in [-0.3, -0.25) is 9.89 Å². The molecule has 0 saturated carbocycles. The highest BCUT2D eigenvalue weighted by molar-refractivity contribution is 6.32. The largest absolute Gasteiger partial charge is 0.355 e. The second kappa shape index (κ2) is 10.1. The first-order valence-electron chi connectivity index (χ1n) is 11.3. The van der Waals surface area contributed by atoms with Gasteiger partial charge < -0.3 is 16.0 Å². The number of aromatic nitrogens is 4. The van der Waals surface area contributed by atoms with E-state index in [0.717, 1.165) is 28.1 Å². The van der Waals surface area contributed by atoms with Crippen molar-refractivity contribution in [1.82, 2.24) is 25.5 Å². The summed E-state index contributed by atoms with van der Waals surface area (Å²) in [6.07, 6.45) is 1.56. The van der Waals surface area contributed by atoms with Crippen LogP contribution in [0.2, 0.25) is 5.02 Å². The Kier molecular flexibility index (Phi) is 7.02. The molecule has 2 heterocycles. The zero-order chi connectivity index (χ0) is 25.1. The van der Waals surface area contributed by atoms with Crippen LogP contribution in [0.3, 0.4) is 0 Å². The van der Waals surface area contributed by atoms with Crippen molar-refractivity contribution in [2.75, 3.05) is 17.7 Å². The van der Waals surface area contributed by atoms with Crippen molar-refractivity contribution in [3.05, 3.63) is 76.1 Å². The van der Waals surface area contributed by atoms with Crippen molar-refractivity contribution in [2.24, 2.45) is 0 Å². The van der Waals surface area contributed by atoms with Gasteiger partial charge in [-0.15, -0.1) is 0 Å². The van der Waals surface area contributed by atoms with Gasteiger partial charge in [0.15, 0.2) is 11.6 Å². The monoisotopic (exact) mass is 489 g/mol. The van der Waals surface area contributed by atoms with E-state index in [1.165, 1.54) is 5.56 Å². The highest BCUT2D eigenvalue weighted by Crippen LogP contribution is 2.35. The number of carbonyl (C=O) groups excluding carboxylic acids is 1. The average Bonchev–Trinajstić information content (AvgIpc) is 3.26. The van der Waals surface area contributed by atoms with Gasteiger partial charge in [-0.25, -0.2) is 4.98 Å². The summed E-state index contributed by atoms with van der Waals surface area (Å²) in [5.41, 5.74) is 6.85. The number of aromatic amines is 1. The third-order valence-electron chi connectivity index (χ3n) is 5.65. The summed E-state index contributed by atoms with van der Waals surface area (Å²) in [6.45, 7) is 8.27. The molecule has 0 fully saturated rings. The highest BCUT2D eigenvalue weighted by Gasteiger charge is 2.15. The lowest BCUT2D eigenvalue weighted by Crippen LogP contribution is -2.17. The van der Waals surface area contributed by atoms with Crippen LogP contribution in [0.15, 0.2) is 48.7 Å². The summed E-state index contributed by atoms with van der Waals surface area (Å²) >= 11 is 6.30. The molecule has 8 nitrogen and oxygen atoms in total. The molecule has 4 rings (SSSR count). The van der Waals surface area contributed by atoms with Gasteiger partial charge in [-0.05, 0) is 66.3 Å². The van der Waals surface area contributed by atoms with Crippen molar-refractivity contribution < 1.29 is 4.79 Å². The fourth-order valence-corrected chi connectivity index (χ4v) is 3.91. The van der Waals surface area contributed by atoms with Gasteiger partial charge in [0, 0.05) is 30.1 Å². The Labute approximate surface area is 209 Å². The van der Waals surface area contributed by atoms with E-state index in [1.807, 2.05) is 44.2 Å². The lowest BCUT2D eigenvalue weighted by atomic mass is 9.90. The molecule has 9 heteroatoms. The van der Waals surface area contributed by atoms with E-state index in [1.54, 1.807) is 13.2 Å². The molecule has 4 N–H and O–H groups in total. The summed E-state index contributed by atoms with van der Waals surface area (Å²) in [6, 6.07) is 13.8. The van der Waals surface area contributed by atoms with Crippen molar-refractivity contribution in [3.63, 3.8) is 0 Å². The first-order chi connectivity index (χ1) is 16.7. The molecule has 180 valence electrons. The second-order valence-electron chi connectivity index (χ2n) is 8.64. The second-order valence-corrected chi connectivity index (χ2v) is 9.05. The summed E-state index contributed by atoms with van der Waals surface area (Å²) in [5.74, 6) is 1.68. The van der Waals surface area contributed by atoms with E-state index in [9.17, 15) is 4.79 Å². The SMILES string of the molecule is CNC(=O)c1ccc(-c2cc(C)c(Nc3ncc(Cl)c(Nc4cc(C)[nH]n4)n3)cc2C(C)C)cc1. The zero-order valence-electron chi connectivity index (χ0n) is 20.3. The number of anilines is 4. The van der Waals surface area contributed by atoms with Crippen molar-refractivity contribution in [3.8, 4) is 11.1 Å². The number of halogens is 1. The molecular weight excluding hydrogens is 462 g/mol. The molecular formula is C26H28ClN7O. The molecule has 2 aromatic carbocycles. The predicted molar refractivity (Wildman–Crippen MR) is 141 cm³/mol. The maximum absolute atomic E-state index is 11.9. The van der Waals surface area contributed by atoms with E-state index in [0.29, 0.717) is 28.2 Å². The number of rotatable bonds is 7. The Balaban J connectivity index is 1.64. The average molecular weight is 490 g/mol. The summed E-state index contributed by atoms with van der Waals surface area (Å²) in [7, 11) is 1.63. The minimum atomic E-state index is -0.101. The molecule has 0 aliphatic heterocycles. The molecule has 2 aromatic heterocycles.